The van der Waals surface area contributed by atoms with E-state index in [0.29, 0.717) is 81.6 Å². The molecule has 0 saturated carbocycles. The first-order valence-electron chi connectivity index (χ1n) is 16.4. The summed E-state index contributed by atoms with van der Waals surface area (Å²) in [4.78, 5) is 18.7. The summed E-state index contributed by atoms with van der Waals surface area (Å²) < 4.78 is 57.3. The maximum absolute atomic E-state index is 14.0. The molecule has 13 heteroatoms. The van der Waals surface area contributed by atoms with E-state index in [4.69, 9.17) is 5.10 Å². The highest BCUT2D eigenvalue weighted by Gasteiger charge is 2.35. The van der Waals surface area contributed by atoms with Gasteiger partial charge in [0.05, 0.1) is 23.9 Å². The van der Waals surface area contributed by atoms with Gasteiger partial charge in [0, 0.05) is 105 Å². The quantitative estimate of drug-likeness (QED) is 0.295. The molecule has 2 aromatic rings. The van der Waals surface area contributed by atoms with Crippen LogP contribution in [0.2, 0.25) is 0 Å². The van der Waals surface area contributed by atoms with Gasteiger partial charge in [0.25, 0.3) is 0 Å². The molecule has 1 amide bonds. The summed E-state index contributed by atoms with van der Waals surface area (Å²) in [5.41, 5.74) is 2.61. The van der Waals surface area contributed by atoms with E-state index in [1.54, 1.807) is 6.07 Å². The Hall–Kier alpha value is -2.19. The summed E-state index contributed by atoms with van der Waals surface area (Å²) in [6.07, 6.45) is -0.814. The average molecular weight is 653 g/mol. The first kappa shape index (κ1) is 32.7. The molecule has 4 aliphatic rings. The van der Waals surface area contributed by atoms with Crippen LogP contribution in [-0.4, -0.2) is 112 Å². The molecule has 2 N–H and O–H groups in total. The Morgan fingerprint density at radius 3 is 2.49 bits per heavy atom. The van der Waals surface area contributed by atoms with E-state index in [2.05, 4.69) is 15.1 Å². The number of amides is 1. The monoisotopic (exact) mass is 652 g/mol. The number of rotatable bonds is 10. The minimum Gasteiger partial charge on any atom is -0.390 e. The predicted molar refractivity (Wildman–Crippen MR) is 166 cm³/mol. The molecule has 0 radical (unpaired) electrons. The highest BCUT2D eigenvalue weighted by Crippen LogP contribution is 2.40. The normalized spacial score (nSPS) is 21.9. The zero-order valence-electron chi connectivity index (χ0n) is 25.7. The summed E-state index contributed by atoms with van der Waals surface area (Å²) in [7, 11) is 0. The van der Waals surface area contributed by atoms with Crippen LogP contribution in [0.1, 0.15) is 55.3 Å². The molecular formula is C32H44F4N6O2S. The maximum atomic E-state index is 14.0. The number of hydrogen-bond donors (Lipinski definition) is 2. The summed E-state index contributed by atoms with van der Waals surface area (Å²) in [6, 6.07) is 4.56. The van der Waals surface area contributed by atoms with Crippen molar-refractivity contribution in [3.63, 3.8) is 0 Å². The number of carbonyl (C=O) groups is 1. The number of nitrogens with zero attached hydrogens (tertiary/aromatic N) is 5. The Morgan fingerprint density at radius 1 is 1.02 bits per heavy atom. The molecule has 3 fully saturated rings. The van der Waals surface area contributed by atoms with Gasteiger partial charge >= 0.3 is 6.18 Å². The van der Waals surface area contributed by atoms with Gasteiger partial charge in [0.2, 0.25) is 5.91 Å². The number of aliphatic hydroxyl groups excluding tert-OH is 1. The zero-order chi connectivity index (χ0) is 31.6. The Balaban J connectivity index is 1.13. The van der Waals surface area contributed by atoms with Crippen LogP contribution in [-0.2, 0) is 30.5 Å². The average Bonchev–Trinajstić information content (AvgIpc) is 3.61. The van der Waals surface area contributed by atoms with E-state index in [1.807, 2.05) is 9.58 Å². The van der Waals surface area contributed by atoms with Crippen molar-refractivity contribution in [2.45, 2.75) is 87.4 Å². The number of aromatic nitrogens is 2. The third-order valence-corrected chi connectivity index (χ3v) is 10.7. The maximum Gasteiger partial charge on any atom is 0.417 e. The lowest BCUT2D eigenvalue weighted by Crippen LogP contribution is -2.47. The number of nitrogens with one attached hydrogen (secondary N) is 1. The number of carbonyl (C=O) groups excluding carboxylic acids is 1. The van der Waals surface area contributed by atoms with Crippen LogP contribution in [0.15, 0.2) is 23.1 Å². The highest BCUT2D eigenvalue weighted by molar-refractivity contribution is 7.99. The van der Waals surface area contributed by atoms with E-state index in [0.717, 1.165) is 69.2 Å². The topological polar surface area (TPSA) is 76.9 Å². The van der Waals surface area contributed by atoms with E-state index < -0.39 is 24.0 Å². The number of aliphatic hydroxyl groups is 1. The molecule has 0 spiro atoms. The van der Waals surface area contributed by atoms with Gasteiger partial charge in [0.1, 0.15) is 6.17 Å². The van der Waals surface area contributed by atoms with Crippen molar-refractivity contribution in [3.05, 3.63) is 35.0 Å². The minimum atomic E-state index is -4.48. The molecule has 45 heavy (non-hydrogen) atoms. The fourth-order valence-electron chi connectivity index (χ4n) is 7.26. The number of alkyl halides is 4. The summed E-state index contributed by atoms with van der Waals surface area (Å²) >= 11 is 1.19. The van der Waals surface area contributed by atoms with Crippen LogP contribution in [0.5, 0.6) is 0 Å². The van der Waals surface area contributed by atoms with Gasteiger partial charge in [-0.2, -0.15) is 18.3 Å². The van der Waals surface area contributed by atoms with E-state index in [9.17, 15) is 27.5 Å². The van der Waals surface area contributed by atoms with Gasteiger partial charge < -0.3 is 25.1 Å². The molecule has 3 saturated heterocycles. The number of likely N-dealkylation sites (tertiary alicyclic amines) is 3. The lowest BCUT2D eigenvalue weighted by atomic mass is 10.0. The van der Waals surface area contributed by atoms with Gasteiger partial charge in [-0.15, -0.1) is 11.8 Å². The minimum absolute atomic E-state index is 0.173. The zero-order valence-corrected chi connectivity index (χ0v) is 26.5. The third-order valence-electron chi connectivity index (χ3n) is 9.71. The Labute approximate surface area is 266 Å². The highest BCUT2D eigenvalue weighted by atomic mass is 32.2. The first-order chi connectivity index (χ1) is 21.7. The number of benzene rings is 1. The van der Waals surface area contributed by atoms with Crippen LogP contribution < -0.4 is 5.32 Å². The predicted octanol–water partition coefficient (Wildman–Crippen LogP) is 4.19. The van der Waals surface area contributed by atoms with E-state index >= 15 is 0 Å². The van der Waals surface area contributed by atoms with Crippen LogP contribution in [0, 0.1) is 0 Å². The van der Waals surface area contributed by atoms with Crippen molar-refractivity contribution < 1.29 is 27.5 Å². The molecule has 1 aromatic carbocycles. The third kappa shape index (κ3) is 7.86. The second-order valence-electron chi connectivity index (χ2n) is 12.8. The van der Waals surface area contributed by atoms with Gasteiger partial charge in [-0.3, -0.25) is 9.48 Å². The van der Waals surface area contributed by atoms with E-state index in [-0.39, 0.29) is 10.8 Å². The van der Waals surface area contributed by atoms with E-state index in [1.165, 1.54) is 17.8 Å². The lowest BCUT2D eigenvalue weighted by Gasteiger charge is -2.37. The van der Waals surface area contributed by atoms with Crippen molar-refractivity contribution in [2.24, 2.45) is 0 Å². The second-order valence-corrected chi connectivity index (χ2v) is 14.0. The lowest BCUT2D eigenvalue weighted by molar-refractivity contribution is -0.139. The molecule has 1 atom stereocenters. The van der Waals surface area contributed by atoms with Gasteiger partial charge in [-0.1, -0.05) is 6.07 Å². The van der Waals surface area contributed by atoms with Crippen molar-refractivity contribution in [1.29, 1.82) is 0 Å². The van der Waals surface area contributed by atoms with Crippen molar-refractivity contribution in [3.8, 4) is 11.3 Å². The van der Waals surface area contributed by atoms with Gasteiger partial charge in [-0.25, -0.2) is 4.39 Å². The van der Waals surface area contributed by atoms with Gasteiger partial charge in [0.15, 0.2) is 0 Å². The molecule has 4 aliphatic heterocycles. The van der Waals surface area contributed by atoms with Crippen molar-refractivity contribution in [2.75, 3.05) is 58.1 Å². The Bertz CT molecular complexity index is 1320. The molecule has 1 aromatic heterocycles. The van der Waals surface area contributed by atoms with Crippen LogP contribution in [0.3, 0.4) is 0 Å². The molecule has 8 nitrogen and oxygen atoms in total. The number of thioether (sulfide) groups is 1. The molecule has 0 aliphatic carbocycles. The SMILES string of the molecule is O=C1CCCN1C1CCN(C[C@H](O)Cn2nc(-c3ccc(C(F)(F)F)c(SCCN4CCC(F)CC4)c3)c3c2CCNC3)CC1. The number of fused-ring (bicyclic) bond motifs is 1. The van der Waals surface area contributed by atoms with Crippen molar-refractivity contribution >= 4 is 17.7 Å². The molecule has 0 bridgehead atoms. The summed E-state index contributed by atoms with van der Waals surface area (Å²) in [5.74, 6) is 0.742. The summed E-state index contributed by atoms with van der Waals surface area (Å²) in [5, 5.41) is 19.4. The Kier molecular flexibility index (Phi) is 10.4. The smallest absolute Gasteiger partial charge is 0.390 e. The molecule has 6 rings (SSSR count). The van der Waals surface area contributed by atoms with Crippen LogP contribution in [0.25, 0.3) is 11.3 Å². The molecule has 5 heterocycles. The fraction of sp³-hybridized carbons (Fsp3) is 0.688. The van der Waals surface area contributed by atoms with Crippen molar-refractivity contribution in [1.82, 2.24) is 29.8 Å². The number of halogens is 4. The second kappa shape index (κ2) is 14.3. The fourth-order valence-corrected chi connectivity index (χ4v) is 8.38. The summed E-state index contributed by atoms with van der Waals surface area (Å²) in [6.45, 7) is 6.55. The molecular weight excluding hydrogens is 608 g/mol. The first-order valence-corrected chi connectivity index (χ1v) is 17.3. The van der Waals surface area contributed by atoms with Crippen LogP contribution >= 0.6 is 11.8 Å². The number of β-amino-alcohol motifs (C(OH)–C–C–N with tert-alkyl or cyclic N) is 1. The molecule has 0 unspecified atom stereocenters. The largest absolute Gasteiger partial charge is 0.417 e. The Morgan fingerprint density at radius 2 is 1.78 bits per heavy atom. The number of hydrogen-bond acceptors (Lipinski definition) is 7. The standard InChI is InChI=1S/C32H44F4N6O2S/c33-23-6-12-39(13-7-23)16-17-45-29-18-22(3-4-27(29)32(34,35)36)31-26-19-37-10-5-28(26)42(38-31)21-25(43)20-40-14-8-24(9-15-40)41-11-1-2-30(41)44/h3-4,18,23-25,37,43H,1-2,5-17,19-21H2/t25-/m0/s1. The molecule has 248 valence electrons. The number of piperidine rings is 2. The van der Waals surface area contributed by atoms with Gasteiger partial charge in [-0.05, 0) is 44.2 Å². The van der Waals surface area contributed by atoms with Crippen LogP contribution in [0.4, 0.5) is 17.6 Å².